The molecular formula is C13H31NO3Si. The first-order valence-electron chi connectivity index (χ1n) is 7.31. The number of rotatable bonds is 12. The normalized spacial score (nSPS) is 13.8. The molecule has 1 atom stereocenters. The molecule has 5 heteroatoms. The van der Waals surface area contributed by atoms with Crippen LogP contribution >= 0.6 is 0 Å². The zero-order valence-electron chi connectivity index (χ0n) is 12.5. The highest BCUT2D eigenvalue weighted by Crippen LogP contribution is 2.20. The zero-order valence-corrected chi connectivity index (χ0v) is 13.5. The van der Waals surface area contributed by atoms with E-state index < -0.39 is 8.80 Å². The van der Waals surface area contributed by atoms with Gasteiger partial charge in [-0.15, -0.1) is 0 Å². The molecule has 18 heavy (non-hydrogen) atoms. The lowest BCUT2D eigenvalue weighted by atomic mass is 10.1. The van der Waals surface area contributed by atoms with Gasteiger partial charge in [-0.3, -0.25) is 0 Å². The Balaban J connectivity index is 4.27. The number of nitrogens with two attached hydrogens (primary N) is 1. The maximum atomic E-state index is 6.11. The van der Waals surface area contributed by atoms with Crippen molar-refractivity contribution < 1.29 is 13.3 Å². The summed E-state index contributed by atoms with van der Waals surface area (Å²) < 4.78 is 17.4. The Morgan fingerprint density at radius 2 is 1.39 bits per heavy atom. The second kappa shape index (κ2) is 10.9. The maximum absolute atomic E-state index is 6.11. The molecule has 0 aliphatic carbocycles. The SMILES string of the molecule is CCCCC(N)CC[Si](OCC)(OCC)OCC. The van der Waals surface area contributed by atoms with Crippen molar-refractivity contribution in [3.8, 4) is 0 Å². The van der Waals surface area contributed by atoms with E-state index in [4.69, 9.17) is 19.0 Å². The van der Waals surface area contributed by atoms with Crippen LogP contribution in [0.5, 0.6) is 0 Å². The maximum Gasteiger partial charge on any atom is 0.500 e. The molecule has 0 aliphatic rings. The highest BCUT2D eigenvalue weighted by Gasteiger charge is 2.40. The second-order valence-corrected chi connectivity index (χ2v) is 7.16. The van der Waals surface area contributed by atoms with E-state index >= 15 is 0 Å². The van der Waals surface area contributed by atoms with Gasteiger partial charge in [0.05, 0.1) is 0 Å². The van der Waals surface area contributed by atoms with Crippen LogP contribution in [0.15, 0.2) is 0 Å². The third kappa shape index (κ3) is 7.48. The van der Waals surface area contributed by atoms with E-state index in [9.17, 15) is 0 Å². The third-order valence-corrected chi connectivity index (χ3v) is 5.93. The largest absolute Gasteiger partial charge is 0.500 e. The predicted octanol–water partition coefficient (Wildman–Crippen LogP) is 2.94. The van der Waals surface area contributed by atoms with Gasteiger partial charge in [0.15, 0.2) is 0 Å². The molecule has 0 fully saturated rings. The molecule has 0 amide bonds. The average Bonchev–Trinajstić information content (AvgIpc) is 2.35. The van der Waals surface area contributed by atoms with Gasteiger partial charge in [-0.05, 0) is 33.6 Å². The van der Waals surface area contributed by atoms with E-state index in [1.54, 1.807) is 0 Å². The van der Waals surface area contributed by atoms with Gasteiger partial charge in [-0.25, -0.2) is 0 Å². The van der Waals surface area contributed by atoms with E-state index in [-0.39, 0.29) is 6.04 Å². The summed E-state index contributed by atoms with van der Waals surface area (Å²) in [4.78, 5) is 0. The van der Waals surface area contributed by atoms with Crippen LogP contribution in [-0.4, -0.2) is 34.7 Å². The zero-order chi connectivity index (χ0) is 13.9. The minimum atomic E-state index is -2.48. The molecule has 0 bridgehead atoms. The molecule has 0 aromatic carbocycles. The molecule has 0 heterocycles. The predicted molar refractivity (Wildman–Crippen MR) is 77.6 cm³/mol. The summed E-state index contributed by atoms with van der Waals surface area (Å²) >= 11 is 0. The van der Waals surface area contributed by atoms with Gasteiger partial charge in [0.2, 0.25) is 0 Å². The molecule has 0 aromatic rings. The van der Waals surface area contributed by atoms with Gasteiger partial charge in [-0.2, -0.15) is 0 Å². The Morgan fingerprint density at radius 3 is 1.78 bits per heavy atom. The van der Waals surface area contributed by atoms with Crippen LogP contribution in [0.4, 0.5) is 0 Å². The fourth-order valence-electron chi connectivity index (χ4n) is 1.97. The van der Waals surface area contributed by atoms with Gasteiger partial charge in [0, 0.05) is 31.9 Å². The topological polar surface area (TPSA) is 53.7 Å². The van der Waals surface area contributed by atoms with Crippen LogP contribution in [0.3, 0.4) is 0 Å². The van der Waals surface area contributed by atoms with Crippen molar-refractivity contribution >= 4 is 8.80 Å². The molecular weight excluding hydrogens is 246 g/mol. The van der Waals surface area contributed by atoms with Crippen LogP contribution in [0.1, 0.15) is 53.4 Å². The molecule has 0 spiro atoms. The fraction of sp³-hybridized carbons (Fsp3) is 1.00. The molecule has 1 unspecified atom stereocenters. The minimum absolute atomic E-state index is 0.234. The van der Waals surface area contributed by atoms with Gasteiger partial charge in [-0.1, -0.05) is 19.8 Å². The van der Waals surface area contributed by atoms with Crippen LogP contribution in [-0.2, 0) is 13.3 Å². The smallest absolute Gasteiger partial charge is 0.374 e. The highest BCUT2D eigenvalue weighted by atomic mass is 28.4. The Morgan fingerprint density at radius 1 is 0.889 bits per heavy atom. The summed E-state index contributed by atoms with van der Waals surface area (Å²) in [5.74, 6) is 0. The van der Waals surface area contributed by atoms with E-state index in [0.717, 1.165) is 18.9 Å². The van der Waals surface area contributed by atoms with Crippen LogP contribution < -0.4 is 5.73 Å². The lowest BCUT2D eigenvalue weighted by Gasteiger charge is -2.29. The summed E-state index contributed by atoms with van der Waals surface area (Å²) in [5.41, 5.74) is 6.11. The number of hydrogen-bond donors (Lipinski definition) is 1. The van der Waals surface area contributed by atoms with Crippen LogP contribution in [0, 0.1) is 0 Å². The van der Waals surface area contributed by atoms with E-state index in [0.29, 0.717) is 19.8 Å². The van der Waals surface area contributed by atoms with Gasteiger partial charge in [0.1, 0.15) is 0 Å². The number of hydrogen-bond acceptors (Lipinski definition) is 4. The van der Waals surface area contributed by atoms with Crippen molar-refractivity contribution in [2.45, 2.75) is 65.5 Å². The van der Waals surface area contributed by atoms with Crippen molar-refractivity contribution in [3.05, 3.63) is 0 Å². The monoisotopic (exact) mass is 277 g/mol. The van der Waals surface area contributed by atoms with Gasteiger partial charge >= 0.3 is 8.80 Å². The lowest BCUT2D eigenvalue weighted by molar-refractivity contribution is 0.0702. The van der Waals surface area contributed by atoms with Crippen molar-refractivity contribution in [2.24, 2.45) is 5.73 Å². The lowest BCUT2D eigenvalue weighted by Crippen LogP contribution is -2.46. The summed E-state index contributed by atoms with van der Waals surface area (Å²) in [6, 6.07) is 1.06. The van der Waals surface area contributed by atoms with Crippen molar-refractivity contribution in [1.82, 2.24) is 0 Å². The Labute approximate surface area is 114 Å². The molecule has 0 radical (unpaired) electrons. The van der Waals surface area contributed by atoms with Crippen molar-refractivity contribution in [2.75, 3.05) is 19.8 Å². The van der Waals surface area contributed by atoms with E-state index in [1.807, 2.05) is 20.8 Å². The van der Waals surface area contributed by atoms with E-state index in [2.05, 4.69) is 6.92 Å². The first-order chi connectivity index (χ1) is 8.64. The summed E-state index contributed by atoms with van der Waals surface area (Å²) in [7, 11) is -2.48. The molecule has 110 valence electrons. The number of unbranched alkanes of at least 4 members (excludes halogenated alkanes) is 1. The average molecular weight is 277 g/mol. The third-order valence-electron chi connectivity index (χ3n) is 2.84. The van der Waals surface area contributed by atoms with Gasteiger partial charge < -0.3 is 19.0 Å². The Bertz CT molecular complexity index is 176. The minimum Gasteiger partial charge on any atom is -0.374 e. The Kier molecular flexibility index (Phi) is 11.0. The summed E-state index contributed by atoms with van der Waals surface area (Å²) in [6.45, 7) is 10.0. The quantitative estimate of drug-likeness (QED) is 0.557. The summed E-state index contributed by atoms with van der Waals surface area (Å²) in [6.07, 6.45) is 4.38. The molecule has 0 aromatic heterocycles. The molecule has 2 N–H and O–H groups in total. The highest BCUT2D eigenvalue weighted by molar-refractivity contribution is 6.60. The van der Waals surface area contributed by atoms with Crippen LogP contribution in [0.25, 0.3) is 0 Å². The summed E-state index contributed by atoms with van der Waals surface area (Å²) in [5, 5.41) is 0. The molecule has 0 saturated carbocycles. The first-order valence-corrected chi connectivity index (χ1v) is 9.24. The second-order valence-electron chi connectivity index (χ2n) is 4.42. The molecule has 0 aliphatic heterocycles. The molecule has 0 saturated heterocycles. The van der Waals surface area contributed by atoms with E-state index in [1.165, 1.54) is 12.8 Å². The molecule has 0 rings (SSSR count). The Hall–Kier alpha value is 0.0569. The first kappa shape index (κ1) is 18.1. The molecule has 4 nitrogen and oxygen atoms in total. The fourth-order valence-corrected chi connectivity index (χ4v) is 4.70. The van der Waals surface area contributed by atoms with Crippen LogP contribution in [0.2, 0.25) is 6.04 Å². The van der Waals surface area contributed by atoms with Gasteiger partial charge in [0.25, 0.3) is 0 Å². The van der Waals surface area contributed by atoms with Crippen molar-refractivity contribution in [3.63, 3.8) is 0 Å². The standard InChI is InChI=1S/C13H31NO3Si/c1-5-9-10-13(14)11-12-18(15-6-2,16-7-3)17-8-4/h13H,5-12,14H2,1-4H3. The van der Waals surface area contributed by atoms with Crippen molar-refractivity contribution in [1.29, 1.82) is 0 Å².